The minimum atomic E-state index is 0.216. The molecule has 0 saturated heterocycles. The summed E-state index contributed by atoms with van der Waals surface area (Å²) in [5.41, 5.74) is 5.76. The molecule has 7 heteroatoms. The van der Waals surface area contributed by atoms with Crippen molar-refractivity contribution in [3.05, 3.63) is 18.7 Å². The Hall–Kier alpha value is -2.18. The van der Waals surface area contributed by atoms with Gasteiger partial charge in [-0.15, -0.1) is 0 Å². The molecule has 1 aliphatic carbocycles. The van der Waals surface area contributed by atoms with Crippen LogP contribution < -0.4 is 11.1 Å². The summed E-state index contributed by atoms with van der Waals surface area (Å²) in [5.74, 6) is 2.79. The molecule has 0 unspecified atom stereocenters. The normalized spacial score (nSPS) is 22.1. The van der Waals surface area contributed by atoms with Gasteiger partial charge in [-0.3, -0.25) is 4.57 Å². The van der Waals surface area contributed by atoms with Crippen molar-refractivity contribution in [2.45, 2.75) is 32.6 Å². The monoisotopic (exact) mass is 287 g/mol. The zero-order chi connectivity index (χ0) is 14.7. The first-order chi connectivity index (χ1) is 10.2. The van der Waals surface area contributed by atoms with Crippen LogP contribution in [-0.4, -0.2) is 31.0 Å². The predicted octanol–water partition coefficient (Wildman–Crippen LogP) is 1.88. The smallest absolute Gasteiger partial charge is 0.241 e. The first-order valence-electron chi connectivity index (χ1n) is 7.44. The molecule has 0 bridgehead atoms. The lowest BCUT2D eigenvalue weighted by molar-refractivity contribution is 0.300. The van der Waals surface area contributed by atoms with E-state index in [2.05, 4.69) is 32.2 Å². The van der Waals surface area contributed by atoms with Gasteiger partial charge in [-0.2, -0.15) is 15.0 Å². The third-order valence-corrected chi connectivity index (χ3v) is 4.06. The van der Waals surface area contributed by atoms with Gasteiger partial charge in [0, 0.05) is 18.9 Å². The van der Waals surface area contributed by atoms with Crippen molar-refractivity contribution in [3.63, 3.8) is 0 Å². The summed E-state index contributed by atoms with van der Waals surface area (Å²) in [4.78, 5) is 16.6. The SMILES string of the molecule is CC1CCC(CNc2nc(N)nc(-n3ccnc3)n2)CC1. The Morgan fingerprint density at radius 2 is 2.05 bits per heavy atom. The van der Waals surface area contributed by atoms with Gasteiger partial charge >= 0.3 is 0 Å². The van der Waals surface area contributed by atoms with E-state index in [1.54, 1.807) is 23.3 Å². The molecule has 0 radical (unpaired) electrons. The van der Waals surface area contributed by atoms with E-state index in [9.17, 15) is 0 Å². The van der Waals surface area contributed by atoms with Crippen LogP contribution in [0.4, 0.5) is 11.9 Å². The maximum atomic E-state index is 5.76. The highest BCUT2D eigenvalue weighted by molar-refractivity contribution is 5.35. The first-order valence-corrected chi connectivity index (χ1v) is 7.44. The van der Waals surface area contributed by atoms with E-state index in [0.29, 0.717) is 17.8 Å². The van der Waals surface area contributed by atoms with Gasteiger partial charge in [-0.05, 0) is 24.7 Å². The summed E-state index contributed by atoms with van der Waals surface area (Å²) in [7, 11) is 0. The minimum absolute atomic E-state index is 0.216. The number of anilines is 2. The molecule has 2 aromatic rings. The molecule has 112 valence electrons. The molecule has 0 amide bonds. The number of nitrogens with one attached hydrogen (secondary N) is 1. The predicted molar refractivity (Wildman–Crippen MR) is 81.0 cm³/mol. The van der Waals surface area contributed by atoms with Gasteiger partial charge in [0.2, 0.25) is 17.8 Å². The second-order valence-corrected chi connectivity index (χ2v) is 5.79. The molecule has 0 atom stereocenters. The average molecular weight is 287 g/mol. The van der Waals surface area contributed by atoms with E-state index < -0.39 is 0 Å². The van der Waals surface area contributed by atoms with E-state index in [1.807, 2.05) is 0 Å². The second-order valence-electron chi connectivity index (χ2n) is 5.79. The molecule has 3 rings (SSSR count). The highest BCUT2D eigenvalue weighted by atomic mass is 15.3. The lowest BCUT2D eigenvalue weighted by Gasteiger charge is -2.26. The van der Waals surface area contributed by atoms with Gasteiger partial charge in [0.15, 0.2) is 0 Å². The number of nitrogen functional groups attached to an aromatic ring is 1. The zero-order valence-electron chi connectivity index (χ0n) is 12.2. The van der Waals surface area contributed by atoms with Crippen molar-refractivity contribution in [2.75, 3.05) is 17.6 Å². The number of nitrogens with two attached hydrogens (primary N) is 1. The fourth-order valence-electron chi connectivity index (χ4n) is 2.72. The van der Waals surface area contributed by atoms with Crippen molar-refractivity contribution < 1.29 is 0 Å². The lowest BCUT2D eigenvalue weighted by Crippen LogP contribution is -2.21. The van der Waals surface area contributed by atoms with E-state index in [-0.39, 0.29) is 5.95 Å². The second kappa shape index (κ2) is 6.07. The molecular weight excluding hydrogens is 266 g/mol. The highest BCUT2D eigenvalue weighted by Crippen LogP contribution is 2.28. The minimum Gasteiger partial charge on any atom is -0.368 e. The maximum absolute atomic E-state index is 5.76. The van der Waals surface area contributed by atoms with Gasteiger partial charge in [-0.1, -0.05) is 19.8 Å². The van der Waals surface area contributed by atoms with Crippen LogP contribution in [0.3, 0.4) is 0 Å². The summed E-state index contributed by atoms with van der Waals surface area (Å²) >= 11 is 0. The van der Waals surface area contributed by atoms with Crippen molar-refractivity contribution in [3.8, 4) is 5.95 Å². The standard InChI is InChI=1S/C14H21N7/c1-10-2-4-11(5-3-10)8-17-13-18-12(15)19-14(20-13)21-7-6-16-9-21/h6-7,9-11H,2-5,8H2,1H3,(H3,15,17,18,19,20). The Morgan fingerprint density at radius 3 is 2.76 bits per heavy atom. The molecule has 1 fully saturated rings. The fourth-order valence-corrected chi connectivity index (χ4v) is 2.72. The van der Waals surface area contributed by atoms with E-state index in [0.717, 1.165) is 12.5 Å². The fraction of sp³-hybridized carbons (Fsp3) is 0.571. The molecule has 0 spiro atoms. The summed E-state index contributed by atoms with van der Waals surface area (Å²) in [6.45, 7) is 3.22. The molecule has 21 heavy (non-hydrogen) atoms. The van der Waals surface area contributed by atoms with Crippen LogP contribution in [0.5, 0.6) is 0 Å². The number of rotatable bonds is 4. The van der Waals surface area contributed by atoms with E-state index >= 15 is 0 Å². The van der Waals surface area contributed by atoms with E-state index in [1.165, 1.54) is 25.7 Å². The number of hydrogen-bond donors (Lipinski definition) is 2. The number of nitrogens with zero attached hydrogens (tertiary/aromatic N) is 5. The van der Waals surface area contributed by atoms with Crippen LogP contribution in [0, 0.1) is 11.8 Å². The molecule has 0 aliphatic heterocycles. The number of imidazole rings is 1. The van der Waals surface area contributed by atoms with Crippen LogP contribution in [0.15, 0.2) is 18.7 Å². The van der Waals surface area contributed by atoms with Crippen molar-refractivity contribution >= 4 is 11.9 Å². The average Bonchev–Trinajstić information content (AvgIpc) is 3.00. The van der Waals surface area contributed by atoms with Crippen molar-refractivity contribution in [1.29, 1.82) is 0 Å². The third-order valence-electron chi connectivity index (χ3n) is 4.06. The topological polar surface area (TPSA) is 94.5 Å². The molecule has 1 saturated carbocycles. The molecule has 2 heterocycles. The quantitative estimate of drug-likeness (QED) is 0.891. The van der Waals surface area contributed by atoms with Crippen LogP contribution in [0.25, 0.3) is 5.95 Å². The molecule has 3 N–H and O–H groups in total. The molecule has 1 aliphatic rings. The lowest BCUT2D eigenvalue weighted by atomic mass is 9.83. The summed E-state index contributed by atoms with van der Waals surface area (Å²) in [5, 5.41) is 3.30. The van der Waals surface area contributed by atoms with Crippen molar-refractivity contribution in [2.24, 2.45) is 11.8 Å². The Balaban J connectivity index is 1.65. The van der Waals surface area contributed by atoms with Gasteiger partial charge in [0.05, 0.1) is 0 Å². The van der Waals surface area contributed by atoms with Gasteiger partial charge in [0.25, 0.3) is 0 Å². The van der Waals surface area contributed by atoms with Crippen LogP contribution >= 0.6 is 0 Å². The van der Waals surface area contributed by atoms with E-state index in [4.69, 9.17) is 5.73 Å². The van der Waals surface area contributed by atoms with Gasteiger partial charge < -0.3 is 11.1 Å². The highest BCUT2D eigenvalue weighted by Gasteiger charge is 2.18. The Bertz CT molecular complexity index is 573. The third kappa shape index (κ3) is 3.48. The Morgan fingerprint density at radius 1 is 1.24 bits per heavy atom. The van der Waals surface area contributed by atoms with Crippen LogP contribution in [0.2, 0.25) is 0 Å². The summed E-state index contributed by atoms with van der Waals surface area (Å²) in [6, 6.07) is 0. The Kier molecular flexibility index (Phi) is 3.98. The van der Waals surface area contributed by atoms with Gasteiger partial charge in [-0.25, -0.2) is 4.98 Å². The molecular formula is C14H21N7. The maximum Gasteiger partial charge on any atom is 0.241 e. The Labute approximate surface area is 124 Å². The summed E-state index contributed by atoms with van der Waals surface area (Å²) < 4.78 is 1.71. The van der Waals surface area contributed by atoms with Crippen LogP contribution in [0.1, 0.15) is 32.6 Å². The number of aromatic nitrogens is 5. The number of hydrogen-bond acceptors (Lipinski definition) is 6. The molecule has 0 aromatic carbocycles. The van der Waals surface area contributed by atoms with Crippen molar-refractivity contribution in [1.82, 2.24) is 24.5 Å². The summed E-state index contributed by atoms with van der Waals surface area (Å²) in [6.07, 6.45) is 10.3. The first kappa shape index (κ1) is 13.8. The molecule has 2 aromatic heterocycles. The van der Waals surface area contributed by atoms with Gasteiger partial charge in [0.1, 0.15) is 6.33 Å². The van der Waals surface area contributed by atoms with Crippen LogP contribution in [-0.2, 0) is 0 Å². The largest absolute Gasteiger partial charge is 0.368 e. The zero-order valence-corrected chi connectivity index (χ0v) is 12.2. The molecule has 7 nitrogen and oxygen atoms in total.